The lowest BCUT2D eigenvalue weighted by atomic mass is 10.1. The quantitative estimate of drug-likeness (QED) is 0.487. The summed E-state index contributed by atoms with van der Waals surface area (Å²) < 4.78 is 9.86. The maximum absolute atomic E-state index is 11.8. The molecule has 6 nitrogen and oxygen atoms in total. The minimum absolute atomic E-state index is 0.163. The number of ether oxygens (including phenoxy) is 2. The van der Waals surface area contributed by atoms with Gasteiger partial charge in [-0.1, -0.05) is 12.1 Å². The number of nitrogens with one attached hydrogen (secondary N) is 1. The zero-order chi connectivity index (χ0) is 15.9. The Morgan fingerprint density at radius 3 is 2.59 bits per heavy atom. The van der Waals surface area contributed by atoms with Gasteiger partial charge >= 0.3 is 5.97 Å². The van der Waals surface area contributed by atoms with Gasteiger partial charge < -0.3 is 14.8 Å². The molecule has 1 amide bonds. The average molecular weight is 300 g/mol. The zero-order valence-corrected chi connectivity index (χ0v) is 12.2. The third kappa shape index (κ3) is 4.63. The van der Waals surface area contributed by atoms with Gasteiger partial charge in [0.1, 0.15) is 17.4 Å². The lowest BCUT2D eigenvalue weighted by Crippen LogP contribution is -2.30. The highest BCUT2D eigenvalue weighted by Gasteiger charge is 2.23. The van der Waals surface area contributed by atoms with Crippen LogP contribution in [0.2, 0.25) is 0 Å². The van der Waals surface area contributed by atoms with Crippen molar-refractivity contribution < 1.29 is 19.1 Å². The number of benzene rings is 1. The first kappa shape index (κ1) is 15.6. The summed E-state index contributed by atoms with van der Waals surface area (Å²) in [5, 5.41) is 11.7. The Morgan fingerprint density at radius 1 is 1.36 bits per heavy atom. The first-order valence-corrected chi connectivity index (χ1v) is 6.84. The highest BCUT2D eigenvalue weighted by atomic mass is 16.5. The molecule has 0 saturated heterocycles. The van der Waals surface area contributed by atoms with Crippen LogP contribution in [-0.4, -0.2) is 31.6 Å². The summed E-state index contributed by atoms with van der Waals surface area (Å²) in [4.78, 5) is 23.2. The fraction of sp³-hybridized carbons (Fsp3) is 0.312. The van der Waals surface area contributed by atoms with Crippen molar-refractivity contribution in [2.24, 2.45) is 0 Å². The van der Waals surface area contributed by atoms with Crippen molar-refractivity contribution in [1.29, 1.82) is 5.26 Å². The SMILES string of the molecule is COc1ccc(/C=C(\C#N)C(=O)OCC(=O)NC2CC2)cc1. The van der Waals surface area contributed by atoms with Crippen LogP contribution in [0, 0.1) is 11.3 Å². The largest absolute Gasteiger partial charge is 0.497 e. The number of esters is 1. The predicted octanol–water partition coefficient (Wildman–Crippen LogP) is 1.42. The Labute approximate surface area is 128 Å². The van der Waals surface area contributed by atoms with Crippen LogP contribution in [0.3, 0.4) is 0 Å². The number of methoxy groups -OCH3 is 1. The van der Waals surface area contributed by atoms with E-state index >= 15 is 0 Å². The molecule has 0 bridgehead atoms. The summed E-state index contributed by atoms with van der Waals surface area (Å²) in [5.74, 6) is -0.489. The molecular weight excluding hydrogens is 284 g/mol. The average Bonchev–Trinajstić information content (AvgIpc) is 3.34. The fourth-order valence-electron chi connectivity index (χ4n) is 1.71. The van der Waals surface area contributed by atoms with Crippen molar-refractivity contribution in [3.63, 3.8) is 0 Å². The number of hydrogen-bond acceptors (Lipinski definition) is 5. The van der Waals surface area contributed by atoms with E-state index in [1.807, 2.05) is 0 Å². The second-order valence-corrected chi connectivity index (χ2v) is 4.86. The normalized spacial score (nSPS) is 13.9. The number of nitriles is 1. The summed E-state index contributed by atoms with van der Waals surface area (Å²) >= 11 is 0. The summed E-state index contributed by atoms with van der Waals surface area (Å²) in [6.45, 7) is -0.378. The van der Waals surface area contributed by atoms with E-state index in [-0.39, 0.29) is 24.1 Å². The van der Waals surface area contributed by atoms with Crippen molar-refractivity contribution in [3.8, 4) is 11.8 Å². The Bertz CT molecular complexity index is 625. The van der Waals surface area contributed by atoms with Gasteiger partial charge in [0, 0.05) is 6.04 Å². The molecule has 0 radical (unpaired) electrons. The molecule has 6 heteroatoms. The van der Waals surface area contributed by atoms with Crippen molar-refractivity contribution in [3.05, 3.63) is 35.4 Å². The van der Waals surface area contributed by atoms with Crippen LogP contribution in [0.25, 0.3) is 6.08 Å². The van der Waals surface area contributed by atoms with Crippen LogP contribution < -0.4 is 10.1 Å². The van der Waals surface area contributed by atoms with E-state index in [1.54, 1.807) is 37.4 Å². The molecule has 1 aromatic rings. The maximum Gasteiger partial charge on any atom is 0.349 e. The van der Waals surface area contributed by atoms with Crippen LogP contribution in [0.4, 0.5) is 0 Å². The van der Waals surface area contributed by atoms with E-state index in [0.717, 1.165) is 12.8 Å². The first-order valence-electron chi connectivity index (χ1n) is 6.84. The molecule has 0 heterocycles. The lowest BCUT2D eigenvalue weighted by molar-refractivity contribution is -0.144. The number of nitrogens with zero attached hydrogens (tertiary/aromatic N) is 1. The van der Waals surface area contributed by atoms with Crippen molar-refractivity contribution in [2.45, 2.75) is 18.9 Å². The van der Waals surface area contributed by atoms with E-state index in [9.17, 15) is 9.59 Å². The third-order valence-electron chi connectivity index (χ3n) is 3.04. The monoisotopic (exact) mass is 300 g/mol. The molecule has 1 aliphatic carbocycles. The molecule has 0 spiro atoms. The molecule has 2 rings (SSSR count). The summed E-state index contributed by atoms with van der Waals surface area (Å²) in [7, 11) is 1.55. The van der Waals surface area contributed by atoms with E-state index < -0.39 is 5.97 Å². The fourth-order valence-corrected chi connectivity index (χ4v) is 1.71. The van der Waals surface area contributed by atoms with Gasteiger partial charge in [-0.2, -0.15) is 5.26 Å². The summed E-state index contributed by atoms with van der Waals surface area (Å²) in [6, 6.07) is 8.84. The standard InChI is InChI=1S/C16H16N2O4/c1-21-14-6-2-11(3-7-14)8-12(9-17)16(20)22-10-15(19)18-13-4-5-13/h2-3,6-8,13H,4-5,10H2,1H3,(H,18,19)/b12-8+. The Hall–Kier alpha value is -2.81. The molecular formula is C16H16N2O4. The van der Waals surface area contributed by atoms with Crippen LogP contribution in [0.15, 0.2) is 29.8 Å². The first-order chi connectivity index (χ1) is 10.6. The number of rotatable bonds is 6. The predicted molar refractivity (Wildman–Crippen MR) is 78.7 cm³/mol. The molecule has 0 aromatic heterocycles. The molecule has 1 aliphatic rings. The summed E-state index contributed by atoms with van der Waals surface area (Å²) in [6.07, 6.45) is 3.32. The molecule has 22 heavy (non-hydrogen) atoms. The Balaban J connectivity index is 1.93. The molecule has 114 valence electrons. The number of amides is 1. The molecule has 0 aliphatic heterocycles. The van der Waals surface area contributed by atoms with E-state index in [0.29, 0.717) is 11.3 Å². The second-order valence-electron chi connectivity index (χ2n) is 4.86. The van der Waals surface area contributed by atoms with Crippen LogP contribution in [0.5, 0.6) is 5.75 Å². The van der Waals surface area contributed by atoms with Gasteiger partial charge in [0.05, 0.1) is 7.11 Å². The topological polar surface area (TPSA) is 88.4 Å². The summed E-state index contributed by atoms with van der Waals surface area (Å²) in [5.41, 5.74) is 0.501. The van der Waals surface area contributed by atoms with E-state index in [2.05, 4.69) is 5.32 Å². The van der Waals surface area contributed by atoms with Gasteiger partial charge in [0.15, 0.2) is 6.61 Å². The van der Waals surface area contributed by atoms with Gasteiger partial charge in [-0.25, -0.2) is 4.79 Å². The highest BCUT2D eigenvalue weighted by Crippen LogP contribution is 2.18. The van der Waals surface area contributed by atoms with E-state index in [1.165, 1.54) is 6.08 Å². The molecule has 1 N–H and O–H groups in total. The van der Waals surface area contributed by atoms with Gasteiger partial charge in [0.2, 0.25) is 0 Å². The van der Waals surface area contributed by atoms with Crippen molar-refractivity contribution >= 4 is 18.0 Å². The van der Waals surface area contributed by atoms with Gasteiger partial charge in [-0.15, -0.1) is 0 Å². The number of carbonyl (C=O) groups excluding carboxylic acids is 2. The molecule has 0 atom stereocenters. The van der Waals surface area contributed by atoms with E-state index in [4.69, 9.17) is 14.7 Å². The highest BCUT2D eigenvalue weighted by molar-refractivity contribution is 5.98. The Kier molecular flexibility index (Phi) is 5.15. The molecule has 0 unspecified atom stereocenters. The van der Waals surface area contributed by atoms with Crippen molar-refractivity contribution in [2.75, 3.05) is 13.7 Å². The molecule has 1 saturated carbocycles. The van der Waals surface area contributed by atoms with Crippen LogP contribution >= 0.6 is 0 Å². The molecule has 1 fully saturated rings. The number of carbonyl (C=O) groups is 2. The minimum atomic E-state index is -0.815. The number of hydrogen-bond donors (Lipinski definition) is 1. The second kappa shape index (κ2) is 7.27. The van der Waals surface area contributed by atoms with Gasteiger partial charge in [-0.3, -0.25) is 4.79 Å². The lowest BCUT2D eigenvalue weighted by Gasteiger charge is -2.05. The smallest absolute Gasteiger partial charge is 0.349 e. The van der Waals surface area contributed by atoms with Crippen LogP contribution in [-0.2, 0) is 14.3 Å². The zero-order valence-electron chi connectivity index (χ0n) is 12.2. The van der Waals surface area contributed by atoms with Gasteiger partial charge in [0.25, 0.3) is 5.91 Å². The van der Waals surface area contributed by atoms with Gasteiger partial charge in [-0.05, 0) is 36.6 Å². The Morgan fingerprint density at radius 2 is 2.05 bits per heavy atom. The minimum Gasteiger partial charge on any atom is -0.497 e. The maximum atomic E-state index is 11.8. The van der Waals surface area contributed by atoms with Crippen molar-refractivity contribution in [1.82, 2.24) is 5.32 Å². The third-order valence-corrected chi connectivity index (χ3v) is 3.04. The van der Waals surface area contributed by atoms with Crippen LogP contribution in [0.1, 0.15) is 18.4 Å². The molecule has 1 aromatic carbocycles.